The van der Waals surface area contributed by atoms with Crippen molar-refractivity contribution in [2.24, 2.45) is 0 Å². The Balaban J connectivity index is 1.96. The smallest absolute Gasteiger partial charge is 0.326 e. The van der Waals surface area contributed by atoms with E-state index in [0.717, 1.165) is 29.9 Å². The summed E-state index contributed by atoms with van der Waals surface area (Å²) >= 11 is 0. The third-order valence-corrected chi connectivity index (χ3v) is 4.47. The molecule has 1 saturated heterocycles. The van der Waals surface area contributed by atoms with Crippen molar-refractivity contribution in [1.29, 1.82) is 0 Å². The van der Waals surface area contributed by atoms with Gasteiger partial charge in [-0.3, -0.25) is 19.3 Å². The first kappa shape index (κ1) is 20.5. The number of ketones is 1. The number of nitrogens with one attached hydrogen (secondary N) is 1. The van der Waals surface area contributed by atoms with Crippen molar-refractivity contribution in [1.82, 2.24) is 10.2 Å². The van der Waals surface area contributed by atoms with E-state index in [-0.39, 0.29) is 5.56 Å². The third kappa shape index (κ3) is 4.69. The highest BCUT2D eigenvalue weighted by Crippen LogP contribution is 2.23. The zero-order valence-electron chi connectivity index (χ0n) is 15.6. The first-order valence-electron chi connectivity index (χ1n) is 8.81. The molecule has 2 rings (SSSR count). The maximum absolute atomic E-state index is 12.9. The molecule has 0 aromatic heterocycles. The SMILES string of the molecule is CCCC[C@]1(C)NC(=O)N(CC(=O)O[C@@H](C)C(=O)c2ccc(F)cc2)C1=O. The third-order valence-electron chi connectivity index (χ3n) is 4.47. The van der Waals surface area contributed by atoms with E-state index in [2.05, 4.69) is 5.32 Å². The quantitative estimate of drug-likeness (QED) is 0.426. The minimum Gasteiger partial charge on any atom is -0.453 e. The van der Waals surface area contributed by atoms with Crippen molar-refractivity contribution in [3.63, 3.8) is 0 Å². The number of carbonyl (C=O) groups is 4. The van der Waals surface area contributed by atoms with Crippen LogP contribution in [-0.4, -0.2) is 46.8 Å². The first-order chi connectivity index (χ1) is 12.7. The summed E-state index contributed by atoms with van der Waals surface area (Å²) in [5, 5.41) is 2.60. The highest BCUT2D eigenvalue weighted by Gasteiger charge is 2.48. The number of ether oxygens (including phenoxy) is 1. The highest BCUT2D eigenvalue weighted by molar-refractivity contribution is 6.08. The number of amides is 3. The minimum atomic E-state index is -1.13. The van der Waals surface area contributed by atoms with Crippen molar-refractivity contribution >= 4 is 23.7 Å². The molecule has 8 heteroatoms. The fourth-order valence-electron chi connectivity index (χ4n) is 2.86. The van der Waals surface area contributed by atoms with Crippen molar-refractivity contribution in [2.75, 3.05) is 6.54 Å². The predicted molar refractivity (Wildman–Crippen MR) is 94.5 cm³/mol. The van der Waals surface area contributed by atoms with E-state index in [1.165, 1.54) is 19.1 Å². The summed E-state index contributed by atoms with van der Waals surface area (Å²) in [6.45, 7) is 4.39. The molecule has 1 aromatic carbocycles. The number of esters is 1. The summed E-state index contributed by atoms with van der Waals surface area (Å²) in [6, 6.07) is 4.18. The van der Waals surface area contributed by atoms with Gasteiger partial charge in [0, 0.05) is 5.56 Å². The Labute approximate surface area is 156 Å². The molecule has 0 unspecified atom stereocenters. The second-order valence-corrected chi connectivity index (χ2v) is 6.76. The number of Topliss-reactive ketones (excluding diaryl/α,β-unsaturated/α-hetero) is 1. The Bertz CT molecular complexity index is 749. The van der Waals surface area contributed by atoms with E-state index in [0.29, 0.717) is 6.42 Å². The monoisotopic (exact) mass is 378 g/mol. The molecular weight excluding hydrogens is 355 g/mol. The second-order valence-electron chi connectivity index (χ2n) is 6.76. The summed E-state index contributed by atoms with van der Waals surface area (Å²) < 4.78 is 18.0. The topological polar surface area (TPSA) is 92.8 Å². The Hall–Kier alpha value is -2.77. The van der Waals surface area contributed by atoms with Crippen LogP contribution in [0, 0.1) is 5.82 Å². The number of urea groups is 1. The Morgan fingerprint density at radius 1 is 1.26 bits per heavy atom. The van der Waals surface area contributed by atoms with Crippen LogP contribution in [0.15, 0.2) is 24.3 Å². The van der Waals surface area contributed by atoms with E-state index in [9.17, 15) is 23.6 Å². The lowest BCUT2D eigenvalue weighted by atomic mass is 9.95. The molecule has 2 atom stereocenters. The molecule has 1 aromatic rings. The first-order valence-corrected chi connectivity index (χ1v) is 8.81. The van der Waals surface area contributed by atoms with E-state index in [1.54, 1.807) is 6.92 Å². The van der Waals surface area contributed by atoms with E-state index in [1.807, 2.05) is 6.92 Å². The predicted octanol–water partition coefficient (Wildman–Crippen LogP) is 2.44. The fourth-order valence-corrected chi connectivity index (χ4v) is 2.86. The second kappa shape index (κ2) is 8.28. The van der Waals surface area contributed by atoms with Gasteiger partial charge < -0.3 is 10.1 Å². The average molecular weight is 378 g/mol. The molecule has 1 N–H and O–H groups in total. The van der Waals surface area contributed by atoms with Crippen LogP contribution in [0.2, 0.25) is 0 Å². The molecule has 0 spiro atoms. The summed E-state index contributed by atoms with van der Waals surface area (Å²) in [5.74, 6) is -2.36. The molecule has 0 aliphatic carbocycles. The lowest BCUT2D eigenvalue weighted by Gasteiger charge is -2.21. The number of carbonyl (C=O) groups excluding carboxylic acids is 4. The average Bonchev–Trinajstić information content (AvgIpc) is 2.83. The number of rotatable bonds is 8. The van der Waals surface area contributed by atoms with Gasteiger partial charge in [0.05, 0.1) is 0 Å². The summed E-state index contributed by atoms with van der Waals surface area (Å²) in [5.41, 5.74) is -0.845. The molecule has 0 radical (unpaired) electrons. The van der Waals surface area contributed by atoms with Crippen LogP contribution < -0.4 is 5.32 Å². The number of imide groups is 1. The lowest BCUT2D eigenvalue weighted by molar-refractivity contribution is -0.149. The maximum Gasteiger partial charge on any atom is 0.326 e. The van der Waals surface area contributed by atoms with Crippen molar-refractivity contribution in [2.45, 2.75) is 51.7 Å². The van der Waals surface area contributed by atoms with Crippen LogP contribution in [0.3, 0.4) is 0 Å². The van der Waals surface area contributed by atoms with E-state index < -0.39 is 47.7 Å². The summed E-state index contributed by atoms with van der Waals surface area (Å²) in [4.78, 5) is 49.7. The Kier molecular flexibility index (Phi) is 6.30. The minimum absolute atomic E-state index is 0.193. The van der Waals surface area contributed by atoms with Crippen LogP contribution in [0.25, 0.3) is 0 Å². The normalized spacial score (nSPS) is 20.4. The fraction of sp³-hybridized carbons (Fsp3) is 0.474. The number of nitrogens with zero attached hydrogens (tertiary/aromatic N) is 1. The molecule has 1 fully saturated rings. The van der Waals surface area contributed by atoms with Gasteiger partial charge >= 0.3 is 12.0 Å². The molecule has 7 nitrogen and oxygen atoms in total. The molecule has 27 heavy (non-hydrogen) atoms. The van der Waals surface area contributed by atoms with E-state index in [4.69, 9.17) is 4.74 Å². The summed E-state index contributed by atoms with van der Waals surface area (Å²) in [7, 11) is 0. The van der Waals surface area contributed by atoms with Gasteiger partial charge in [0.15, 0.2) is 6.10 Å². The molecule has 1 heterocycles. The number of hydrogen-bond acceptors (Lipinski definition) is 5. The van der Waals surface area contributed by atoms with Crippen LogP contribution in [0.4, 0.5) is 9.18 Å². The van der Waals surface area contributed by atoms with Gasteiger partial charge in [0.2, 0.25) is 5.78 Å². The zero-order chi connectivity index (χ0) is 20.2. The largest absolute Gasteiger partial charge is 0.453 e. The lowest BCUT2D eigenvalue weighted by Crippen LogP contribution is -2.44. The van der Waals surface area contributed by atoms with Crippen LogP contribution in [0.1, 0.15) is 50.4 Å². The molecule has 1 aliphatic heterocycles. The molecule has 0 bridgehead atoms. The Morgan fingerprint density at radius 2 is 1.89 bits per heavy atom. The molecule has 0 saturated carbocycles. The van der Waals surface area contributed by atoms with Crippen molar-refractivity contribution in [3.8, 4) is 0 Å². The van der Waals surface area contributed by atoms with Crippen molar-refractivity contribution in [3.05, 3.63) is 35.6 Å². The molecule has 146 valence electrons. The Morgan fingerprint density at radius 3 is 2.48 bits per heavy atom. The van der Waals surface area contributed by atoms with Gasteiger partial charge in [0.25, 0.3) is 5.91 Å². The molecular formula is C19H23FN2O5. The number of benzene rings is 1. The van der Waals surface area contributed by atoms with Crippen molar-refractivity contribution < 1.29 is 28.3 Å². The highest BCUT2D eigenvalue weighted by atomic mass is 19.1. The standard InChI is InChI=1S/C19H23FN2O5/c1-4-5-10-19(3)17(25)22(18(26)21-19)11-15(23)27-12(2)16(24)13-6-8-14(20)9-7-13/h6-9,12H,4-5,10-11H2,1-3H3,(H,21,26)/t12-,19-/m0/s1. The van der Waals surface area contributed by atoms with Gasteiger partial charge in [-0.05, 0) is 44.5 Å². The molecule has 3 amide bonds. The van der Waals surface area contributed by atoms with E-state index >= 15 is 0 Å². The number of halogens is 1. The zero-order valence-corrected chi connectivity index (χ0v) is 15.6. The van der Waals surface area contributed by atoms with Gasteiger partial charge in [0.1, 0.15) is 17.9 Å². The summed E-state index contributed by atoms with van der Waals surface area (Å²) in [6.07, 6.45) is 0.961. The number of hydrogen-bond donors (Lipinski definition) is 1. The number of unbranched alkanes of at least 4 members (excludes halogenated alkanes) is 1. The van der Waals surface area contributed by atoms with Gasteiger partial charge in [-0.25, -0.2) is 9.18 Å². The molecule has 1 aliphatic rings. The van der Waals surface area contributed by atoms with Crippen LogP contribution >= 0.6 is 0 Å². The van der Waals surface area contributed by atoms with Gasteiger partial charge in [-0.1, -0.05) is 19.8 Å². The van der Waals surface area contributed by atoms with Gasteiger partial charge in [-0.15, -0.1) is 0 Å². The van der Waals surface area contributed by atoms with Crippen LogP contribution in [0.5, 0.6) is 0 Å². The van der Waals surface area contributed by atoms with Gasteiger partial charge in [-0.2, -0.15) is 0 Å². The van der Waals surface area contributed by atoms with Crippen LogP contribution in [-0.2, 0) is 14.3 Å². The maximum atomic E-state index is 12.9.